The smallest absolute Gasteiger partial charge is 0.335 e. The van der Waals surface area contributed by atoms with Gasteiger partial charge < -0.3 is 10.4 Å². The molecule has 8 heteroatoms. The summed E-state index contributed by atoms with van der Waals surface area (Å²) in [6, 6.07) is 2.72. The normalized spacial score (nSPS) is 17.2. The fraction of sp³-hybridized carbons (Fsp3) is 0.111. The Morgan fingerprint density at radius 3 is 2.65 bits per heavy atom. The van der Waals surface area contributed by atoms with E-state index >= 15 is 0 Å². The third kappa shape index (κ3) is 1.62. The van der Waals surface area contributed by atoms with Gasteiger partial charge in [0.1, 0.15) is 4.90 Å². The average Bonchev–Trinajstić information content (AvgIpc) is 2.26. The number of nitrogens with zero attached hydrogens (tertiary/aromatic N) is 1. The Morgan fingerprint density at radius 1 is 1.41 bits per heavy atom. The molecule has 17 heavy (non-hydrogen) atoms. The zero-order valence-corrected chi connectivity index (χ0v) is 9.48. The lowest BCUT2D eigenvalue weighted by Crippen LogP contribution is -2.41. The fourth-order valence-electron chi connectivity index (χ4n) is 1.42. The van der Waals surface area contributed by atoms with Gasteiger partial charge in [0.25, 0.3) is 10.0 Å². The van der Waals surface area contributed by atoms with E-state index in [1.807, 2.05) is 0 Å². The summed E-state index contributed by atoms with van der Waals surface area (Å²) in [5.74, 6) is -1.23. The number of carbonyl (C=O) groups is 2. The van der Waals surface area contributed by atoms with Crippen LogP contribution >= 0.6 is 0 Å². The number of hydrogen-bond donors (Lipinski definition) is 2. The van der Waals surface area contributed by atoms with E-state index in [0.29, 0.717) is 4.31 Å². The third-order valence-electron chi connectivity index (χ3n) is 2.39. The van der Waals surface area contributed by atoms with E-state index in [1.54, 1.807) is 0 Å². The number of aromatic carboxylic acids is 1. The minimum absolute atomic E-state index is 0.0816. The SMILES string of the molecule is CN1C(=O)Nc2ccc(C(=O)O)cc2S1(=O)=O. The minimum Gasteiger partial charge on any atom is -0.478 e. The molecule has 0 saturated carbocycles. The average molecular weight is 256 g/mol. The molecule has 2 amide bonds. The second kappa shape index (κ2) is 3.45. The predicted octanol–water partition coefficient (Wildman–Crippen LogP) is 0.551. The van der Waals surface area contributed by atoms with Crippen molar-refractivity contribution in [2.75, 3.05) is 12.4 Å². The van der Waals surface area contributed by atoms with Crippen molar-refractivity contribution in [1.29, 1.82) is 0 Å². The number of urea groups is 1. The Kier molecular flexibility index (Phi) is 2.32. The van der Waals surface area contributed by atoms with E-state index in [4.69, 9.17) is 5.11 Å². The maximum atomic E-state index is 11.9. The number of hydrogen-bond acceptors (Lipinski definition) is 4. The van der Waals surface area contributed by atoms with Gasteiger partial charge in [-0.05, 0) is 18.2 Å². The standard InChI is InChI=1S/C9H8N2O5S/c1-11-9(14)10-6-3-2-5(8(12)13)4-7(6)17(11,15)16/h2-4H,1H3,(H,10,14)(H,12,13). The summed E-state index contributed by atoms with van der Waals surface area (Å²) in [6.45, 7) is 0. The first-order valence-corrected chi connectivity index (χ1v) is 5.95. The Hall–Kier alpha value is -2.09. The van der Waals surface area contributed by atoms with Gasteiger partial charge in [0.2, 0.25) is 0 Å². The van der Waals surface area contributed by atoms with Gasteiger partial charge >= 0.3 is 12.0 Å². The van der Waals surface area contributed by atoms with Crippen molar-refractivity contribution in [2.24, 2.45) is 0 Å². The highest BCUT2D eigenvalue weighted by molar-refractivity contribution is 7.90. The molecule has 90 valence electrons. The van der Waals surface area contributed by atoms with Gasteiger partial charge in [-0.15, -0.1) is 0 Å². The van der Waals surface area contributed by atoms with Crippen molar-refractivity contribution >= 4 is 27.7 Å². The molecule has 1 aromatic carbocycles. The van der Waals surface area contributed by atoms with Crippen LogP contribution in [-0.4, -0.2) is 36.9 Å². The summed E-state index contributed by atoms with van der Waals surface area (Å²) in [4.78, 5) is 21.8. The van der Waals surface area contributed by atoms with Gasteiger partial charge in [0, 0.05) is 7.05 Å². The number of carboxylic acid groups (broad SMARTS) is 1. The quantitative estimate of drug-likeness (QED) is 0.763. The number of nitrogens with one attached hydrogen (secondary N) is 1. The van der Waals surface area contributed by atoms with Crippen molar-refractivity contribution in [2.45, 2.75) is 4.90 Å². The molecule has 2 rings (SSSR count). The van der Waals surface area contributed by atoms with Crippen LogP contribution in [0.2, 0.25) is 0 Å². The minimum atomic E-state index is -3.97. The highest BCUT2D eigenvalue weighted by Crippen LogP contribution is 2.29. The van der Waals surface area contributed by atoms with Crippen LogP contribution in [0.15, 0.2) is 23.1 Å². The van der Waals surface area contributed by atoms with Gasteiger partial charge in [-0.3, -0.25) is 0 Å². The van der Waals surface area contributed by atoms with Crippen LogP contribution in [0.1, 0.15) is 10.4 Å². The summed E-state index contributed by atoms with van der Waals surface area (Å²) >= 11 is 0. The van der Waals surface area contributed by atoms with Crippen molar-refractivity contribution in [1.82, 2.24) is 4.31 Å². The summed E-state index contributed by atoms with van der Waals surface area (Å²) in [7, 11) is -2.87. The molecule has 0 radical (unpaired) electrons. The van der Waals surface area contributed by atoms with Crippen molar-refractivity contribution in [3.05, 3.63) is 23.8 Å². The summed E-state index contributed by atoms with van der Waals surface area (Å²) < 4.78 is 24.3. The lowest BCUT2D eigenvalue weighted by atomic mass is 10.2. The molecule has 1 heterocycles. The first-order valence-electron chi connectivity index (χ1n) is 4.51. The van der Waals surface area contributed by atoms with Gasteiger partial charge in [0.15, 0.2) is 0 Å². The van der Waals surface area contributed by atoms with E-state index in [-0.39, 0.29) is 16.1 Å². The Bertz CT molecular complexity index is 622. The molecule has 0 fully saturated rings. The zero-order valence-electron chi connectivity index (χ0n) is 8.67. The van der Waals surface area contributed by atoms with Crippen LogP contribution in [-0.2, 0) is 10.0 Å². The molecule has 0 unspecified atom stereocenters. The first kappa shape index (κ1) is 11.4. The monoisotopic (exact) mass is 256 g/mol. The topological polar surface area (TPSA) is 104 Å². The van der Waals surface area contributed by atoms with E-state index in [9.17, 15) is 18.0 Å². The largest absolute Gasteiger partial charge is 0.478 e. The fourth-order valence-corrected chi connectivity index (χ4v) is 2.65. The Labute approximate surface area is 96.7 Å². The Balaban J connectivity index is 2.70. The molecule has 0 saturated heterocycles. The van der Waals surface area contributed by atoms with Crippen molar-refractivity contribution in [3.8, 4) is 0 Å². The number of anilines is 1. The maximum absolute atomic E-state index is 11.9. The lowest BCUT2D eigenvalue weighted by molar-refractivity contribution is 0.0696. The number of sulfonamides is 1. The Morgan fingerprint density at radius 2 is 2.06 bits per heavy atom. The summed E-state index contributed by atoms with van der Waals surface area (Å²) in [5, 5.41) is 11.1. The van der Waals surface area contributed by atoms with Crippen LogP contribution < -0.4 is 5.32 Å². The highest BCUT2D eigenvalue weighted by atomic mass is 32.2. The molecule has 1 aromatic rings. The molecule has 2 N–H and O–H groups in total. The molecular weight excluding hydrogens is 248 g/mol. The number of benzene rings is 1. The highest BCUT2D eigenvalue weighted by Gasteiger charge is 2.34. The second-order valence-electron chi connectivity index (χ2n) is 3.42. The van der Waals surface area contributed by atoms with Crippen LogP contribution in [0, 0.1) is 0 Å². The van der Waals surface area contributed by atoms with Gasteiger partial charge in [-0.25, -0.2) is 22.3 Å². The number of carboxylic acids is 1. The molecule has 0 aliphatic carbocycles. The maximum Gasteiger partial charge on any atom is 0.335 e. The van der Waals surface area contributed by atoms with Gasteiger partial charge in [0.05, 0.1) is 11.3 Å². The first-order chi connectivity index (χ1) is 7.84. The predicted molar refractivity (Wildman–Crippen MR) is 57.4 cm³/mol. The molecule has 1 aliphatic rings. The molecule has 1 aliphatic heterocycles. The van der Waals surface area contributed by atoms with E-state index < -0.39 is 22.0 Å². The molecule has 0 atom stereocenters. The van der Waals surface area contributed by atoms with Crippen LogP contribution in [0.4, 0.5) is 10.5 Å². The van der Waals surface area contributed by atoms with Crippen molar-refractivity contribution < 1.29 is 23.1 Å². The van der Waals surface area contributed by atoms with E-state index in [0.717, 1.165) is 13.1 Å². The van der Waals surface area contributed by atoms with Gasteiger partial charge in [-0.2, -0.15) is 0 Å². The summed E-state index contributed by atoms with van der Waals surface area (Å²) in [5.41, 5.74) is -0.0741. The molecule has 0 aromatic heterocycles. The second-order valence-corrected chi connectivity index (χ2v) is 5.36. The van der Waals surface area contributed by atoms with E-state index in [1.165, 1.54) is 12.1 Å². The lowest BCUT2D eigenvalue weighted by Gasteiger charge is -2.25. The number of amides is 2. The summed E-state index contributed by atoms with van der Waals surface area (Å²) in [6.07, 6.45) is 0. The number of carbonyl (C=O) groups excluding carboxylic acids is 1. The molecular formula is C9H8N2O5S. The molecule has 0 bridgehead atoms. The van der Waals surface area contributed by atoms with Crippen LogP contribution in [0.3, 0.4) is 0 Å². The van der Waals surface area contributed by atoms with Crippen LogP contribution in [0.25, 0.3) is 0 Å². The van der Waals surface area contributed by atoms with Crippen molar-refractivity contribution in [3.63, 3.8) is 0 Å². The number of fused-ring (bicyclic) bond motifs is 1. The van der Waals surface area contributed by atoms with Crippen LogP contribution in [0.5, 0.6) is 0 Å². The van der Waals surface area contributed by atoms with Gasteiger partial charge in [-0.1, -0.05) is 0 Å². The third-order valence-corrected chi connectivity index (χ3v) is 4.18. The molecule has 0 spiro atoms. The zero-order chi connectivity index (χ0) is 12.8. The number of rotatable bonds is 1. The van der Waals surface area contributed by atoms with E-state index in [2.05, 4.69) is 5.32 Å². The molecule has 7 nitrogen and oxygen atoms in total.